The van der Waals surface area contributed by atoms with Crippen LogP contribution in [0.5, 0.6) is 0 Å². The van der Waals surface area contributed by atoms with Crippen LogP contribution in [0, 0.1) is 0 Å². The quantitative estimate of drug-likeness (QED) is 0.494. The Kier molecular flexibility index (Phi) is 3.76. The molecule has 2 rings (SSSR count). The maximum Gasteiger partial charge on any atom is 0.339 e. The summed E-state index contributed by atoms with van der Waals surface area (Å²) in [6, 6.07) is 6.79. The zero-order valence-corrected chi connectivity index (χ0v) is 9.81. The van der Waals surface area contributed by atoms with Crippen LogP contribution in [0.1, 0.15) is 24.3 Å². The summed E-state index contributed by atoms with van der Waals surface area (Å²) in [6.45, 7) is 0. The van der Waals surface area contributed by atoms with Gasteiger partial charge in [0.05, 0.1) is 0 Å². The Labute approximate surface area is 104 Å². The minimum absolute atomic E-state index is 0.247. The molecule has 1 aliphatic carbocycles. The molecule has 1 unspecified atom stereocenters. The van der Waals surface area contributed by atoms with Crippen molar-refractivity contribution in [3.63, 3.8) is 0 Å². The minimum atomic E-state index is -0.904. The van der Waals surface area contributed by atoms with Crippen LogP contribution in [0.25, 0.3) is 0 Å². The van der Waals surface area contributed by atoms with E-state index in [1.54, 1.807) is 24.3 Å². The van der Waals surface area contributed by atoms with Crippen molar-refractivity contribution in [1.29, 1.82) is 0 Å². The van der Waals surface area contributed by atoms with E-state index in [-0.39, 0.29) is 6.04 Å². The fourth-order valence-electron chi connectivity index (χ4n) is 1.35. The molecule has 90 valence electrons. The normalized spacial score (nSPS) is 16.3. The average Bonchev–Trinajstić information content (AvgIpc) is 3.14. The van der Waals surface area contributed by atoms with Crippen LogP contribution < -0.4 is 5.48 Å². The van der Waals surface area contributed by atoms with Gasteiger partial charge in [-0.1, -0.05) is 23.7 Å². The molecule has 1 aromatic rings. The lowest BCUT2D eigenvalue weighted by Crippen LogP contribution is -2.26. The molecular formula is C12H12ClNO3. The predicted octanol–water partition coefficient (Wildman–Crippen LogP) is 1.83. The van der Waals surface area contributed by atoms with E-state index in [4.69, 9.17) is 16.4 Å². The summed E-state index contributed by atoms with van der Waals surface area (Å²) in [6.07, 6.45) is 2.57. The highest BCUT2D eigenvalue weighted by molar-refractivity contribution is 6.30. The van der Waals surface area contributed by atoms with E-state index < -0.39 is 11.9 Å². The fraction of sp³-hybridized carbons (Fsp3) is 0.333. The summed E-state index contributed by atoms with van der Waals surface area (Å²) < 4.78 is 0. The Morgan fingerprint density at radius 1 is 1.41 bits per heavy atom. The first-order chi connectivity index (χ1) is 8.20. The van der Waals surface area contributed by atoms with Gasteiger partial charge >= 0.3 is 5.97 Å². The lowest BCUT2D eigenvalue weighted by Gasteiger charge is -2.10. The van der Waals surface area contributed by atoms with Gasteiger partial charge in [0.25, 0.3) is 0 Å². The molecule has 0 radical (unpaired) electrons. The van der Waals surface area contributed by atoms with Crippen molar-refractivity contribution in [1.82, 2.24) is 5.48 Å². The topological polar surface area (TPSA) is 55.4 Å². The molecule has 0 aromatic heterocycles. The van der Waals surface area contributed by atoms with Crippen LogP contribution in [-0.4, -0.2) is 18.3 Å². The van der Waals surface area contributed by atoms with E-state index in [2.05, 4.69) is 5.48 Å². The molecule has 0 aliphatic heterocycles. The van der Waals surface area contributed by atoms with Gasteiger partial charge in [-0.3, -0.25) is 0 Å². The van der Waals surface area contributed by atoms with Crippen LogP contribution in [0.2, 0.25) is 5.02 Å². The highest BCUT2D eigenvalue weighted by Gasteiger charge is 2.26. The monoisotopic (exact) mass is 253 g/mol. The summed E-state index contributed by atoms with van der Waals surface area (Å²) in [5, 5.41) is 0.558. The molecular weight excluding hydrogens is 242 g/mol. The lowest BCUT2D eigenvalue weighted by molar-refractivity contribution is -0.154. The number of rotatable bonds is 5. The van der Waals surface area contributed by atoms with Crippen molar-refractivity contribution >= 4 is 23.9 Å². The number of nitrogens with one attached hydrogen (secondary N) is 1. The van der Waals surface area contributed by atoms with Gasteiger partial charge in [-0.2, -0.15) is 0 Å². The van der Waals surface area contributed by atoms with Gasteiger partial charge in [0, 0.05) is 11.1 Å². The second-order valence-electron chi connectivity index (χ2n) is 3.98. The van der Waals surface area contributed by atoms with Gasteiger partial charge in [-0.05, 0) is 30.5 Å². The van der Waals surface area contributed by atoms with Crippen LogP contribution in [0.15, 0.2) is 24.3 Å². The van der Waals surface area contributed by atoms with Gasteiger partial charge in [0.15, 0.2) is 0 Å². The van der Waals surface area contributed by atoms with E-state index >= 15 is 0 Å². The SMILES string of the molecule is O=CC(C(=O)ONC1CC1)c1ccc(Cl)cc1. The second kappa shape index (κ2) is 5.29. The average molecular weight is 254 g/mol. The molecule has 1 aromatic carbocycles. The lowest BCUT2D eigenvalue weighted by atomic mass is 10.0. The van der Waals surface area contributed by atoms with E-state index in [0.717, 1.165) is 12.8 Å². The number of hydrogen-bond donors (Lipinski definition) is 1. The fourth-order valence-corrected chi connectivity index (χ4v) is 1.47. The Morgan fingerprint density at radius 3 is 2.59 bits per heavy atom. The van der Waals surface area contributed by atoms with E-state index in [1.165, 1.54) is 0 Å². The zero-order valence-electron chi connectivity index (χ0n) is 9.06. The Hall–Kier alpha value is -1.39. The van der Waals surface area contributed by atoms with Crippen molar-refractivity contribution in [2.24, 2.45) is 0 Å². The molecule has 4 nitrogen and oxygen atoms in total. The first-order valence-corrected chi connectivity index (χ1v) is 5.75. The van der Waals surface area contributed by atoms with Crippen LogP contribution >= 0.6 is 11.6 Å². The third kappa shape index (κ3) is 3.28. The van der Waals surface area contributed by atoms with Gasteiger partial charge < -0.3 is 9.63 Å². The van der Waals surface area contributed by atoms with Crippen LogP contribution in [-0.2, 0) is 14.4 Å². The summed E-state index contributed by atoms with van der Waals surface area (Å²) in [5.74, 6) is -1.49. The molecule has 0 saturated heterocycles. The highest BCUT2D eigenvalue weighted by atomic mass is 35.5. The number of hydrogen-bond acceptors (Lipinski definition) is 4. The smallest absolute Gasteiger partial charge is 0.339 e. The third-order valence-corrected chi connectivity index (χ3v) is 2.77. The van der Waals surface area contributed by atoms with E-state index in [1.807, 2.05) is 0 Å². The van der Waals surface area contributed by atoms with Crippen molar-refractivity contribution in [3.8, 4) is 0 Å². The number of aldehydes is 1. The molecule has 17 heavy (non-hydrogen) atoms. The summed E-state index contributed by atoms with van der Waals surface area (Å²) in [7, 11) is 0. The van der Waals surface area contributed by atoms with Gasteiger partial charge in [-0.25, -0.2) is 4.79 Å². The van der Waals surface area contributed by atoms with Crippen molar-refractivity contribution < 1.29 is 14.4 Å². The molecule has 0 heterocycles. The molecule has 0 amide bonds. The Balaban J connectivity index is 2.00. The number of carbonyl (C=O) groups excluding carboxylic acids is 2. The molecule has 0 spiro atoms. The van der Waals surface area contributed by atoms with Crippen LogP contribution in [0.3, 0.4) is 0 Å². The van der Waals surface area contributed by atoms with Gasteiger partial charge in [-0.15, -0.1) is 5.48 Å². The molecule has 1 aliphatic rings. The molecule has 1 N–H and O–H groups in total. The minimum Gasteiger partial charge on any atom is -0.369 e. The summed E-state index contributed by atoms with van der Waals surface area (Å²) in [4.78, 5) is 27.4. The van der Waals surface area contributed by atoms with Gasteiger partial charge in [0.1, 0.15) is 12.2 Å². The number of carbonyl (C=O) groups is 2. The Bertz CT molecular complexity index is 414. The van der Waals surface area contributed by atoms with Crippen molar-refractivity contribution in [2.45, 2.75) is 24.8 Å². The first kappa shape index (κ1) is 12.1. The van der Waals surface area contributed by atoms with Gasteiger partial charge in [0.2, 0.25) is 0 Å². The van der Waals surface area contributed by atoms with Crippen molar-refractivity contribution in [2.75, 3.05) is 0 Å². The maximum atomic E-state index is 11.6. The zero-order chi connectivity index (χ0) is 12.3. The molecule has 0 bridgehead atoms. The molecule has 5 heteroatoms. The summed E-state index contributed by atoms with van der Waals surface area (Å²) >= 11 is 5.73. The highest BCUT2D eigenvalue weighted by Crippen LogP contribution is 2.21. The van der Waals surface area contributed by atoms with E-state index in [9.17, 15) is 9.59 Å². The molecule has 1 saturated carbocycles. The first-order valence-electron chi connectivity index (χ1n) is 5.37. The predicted molar refractivity (Wildman–Crippen MR) is 62.5 cm³/mol. The van der Waals surface area contributed by atoms with Crippen LogP contribution in [0.4, 0.5) is 0 Å². The number of halogens is 1. The second-order valence-corrected chi connectivity index (χ2v) is 4.41. The third-order valence-electron chi connectivity index (χ3n) is 2.52. The van der Waals surface area contributed by atoms with E-state index in [0.29, 0.717) is 16.9 Å². The molecule has 1 fully saturated rings. The van der Waals surface area contributed by atoms with Crippen molar-refractivity contribution in [3.05, 3.63) is 34.9 Å². The maximum absolute atomic E-state index is 11.6. The molecule has 1 atom stereocenters. The largest absolute Gasteiger partial charge is 0.369 e. The summed E-state index contributed by atoms with van der Waals surface area (Å²) in [5.41, 5.74) is 3.19. The number of benzene rings is 1. The standard InChI is InChI=1S/C12H12ClNO3/c13-9-3-1-8(2-4-9)11(7-15)12(16)17-14-10-5-6-10/h1-4,7,10-11,14H,5-6H2. The number of hydroxylamine groups is 1. The Morgan fingerprint density at radius 2 is 2.06 bits per heavy atom.